The topological polar surface area (TPSA) is 54.5 Å². The summed E-state index contributed by atoms with van der Waals surface area (Å²) in [6.45, 7) is 0. The number of H-pyrrole nitrogens is 1. The number of aromatic nitrogens is 4. The molecule has 0 unspecified atom stereocenters. The van der Waals surface area contributed by atoms with Crippen LogP contribution < -0.4 is 0 Å². The minimum Gasteiger partial charge on any atom is -0.354 e. The first-order valence-corrected chi connectivity index (χ1v) is 18.2. The first-order chi connectivity index (χ1) is 25.7. The first-order valence-electron chi connectivity index (χ1n) is 17.4. The molecule has 2 heterocycles. The second-order valence-corrected chi connectivity index (χ2v) is 14.3. The summed E-state index contributed by atoms with van der Waals surface area (Å²) in [5.74, 6) is 1.92. The van der Waals surface area contributed by atoms with Crippen LogP contribution in [0.3, 0.4) is 0 Å². The third-order valence-electron chi connectivity index (χ3n) is 10.4. The van der Waals surface area contributed by atoms with Crippen LogP contribution in [-0.2, 0) is 0 Å². The molecular formula is C47H27BrN4. The van der Waals surface area contributed by atoms with Gasteiger partial charge in [0.25, 0.3) is 0 Å². The Balaban J connectivity index is 1.08. The Morgan fingerprint density at radius 1 is 0.346 bits per heavy atom. The Labute approximate surface area is 306 Å². The summed E-state index contributed by atoms with van der Waals surface area (Å²) in [5.41, 5.74) is 7.49. The van der Waals surface area contributed by atoms with Gasteiger partial charge in [0.05, 0.1) is 0 Å². The van der Waals surface area contributed by atoms with Crippen molar-refractivity contribution in [1.29, 1.82) is 0 Å². The molecule has 11 aromatic rings. The van der Waals surface area contributed by atoms with Gasteiger partial charge >= 0.3 is 0 Å². The number of nitrogens with one attached hydrogen (secondary N) is 1. The van der Waals surface area contributed by atoms with Crippen LogP contribution in [0.1, 0.15) is 0 Å². The molecule has 0 amide bonds. The zero-order valence-electron chi connectivity index (χ0n) is 27.7. The number of aromatic amines is 1. The highest BCUT2D eigenvalue weighted by Gasteiger charge is 2.19. The van der Waals surface area contributed by atoms with E-state index < -0.39 is 0 Å². The molecule has 11 rings (SSSR count). The van der Waals surface area contributed by atoms with Crippen molar-refractivity contribution in [1.82, 2.24) is 19.9 Å². The Kier molecular flexibility index (Phi) is 6.36. The minimum atomic E-state index is 0.631. The van der Waals surface area contributed by atoms with E-state index in [4.69, 9.17) is 15.0 Å². The van der Waals surface area contributed by atoms with Crippen molar-refractivity contribution >= 4 is 80.8 Å². The molecule has 0 saturated carbocycles. The molecule has 0 fully saturated rings. The summed E-state index contributed by atoms with van der Waals surface area (Å²) in [5, 5.41) is 12.5. The molecule has 4 nitrogen and oxygen atoms in total. The van der Waals surface area contributed by atoms with Crippen molar-refractivity contribution in [3.8, 4) is 45.3 Å². The lowest BCUT2D eigenvalue weighted by atomic mass is 9.90. The largest absolute Gasteiger partial charge is 0.354 e. The molecule has 0 saturated heterocycles. The number of halogens is 1. The van der Waals surface area contributed by atoms with E-state index in [0.29, 0.717) is 17.5 Å². The summed E-state index contributed by atoms with van der Waals surface area (Å²) in [4.78, 5) is 18.6. The normalized spacial score (nSPS) is 11.9. The number of rotatable bonds is 4. The highest BCUT2D eigenvalue weighted by molar-refractivity contribution is 9.10. The molecule has 0 radical (unpaired) electrons. The molecule has 242 valence electrons. The van der Waals surface area contributed by atoms with E-state index in [2.05, 4.69) is 118 Å². The Morgan fingerprint density at radius 3 is 1.58 bits per heavy atom. The third kappa shape index (κ3) is 4.49. The van der Waals surface area contributed by atoms with Gasteiger partial charge in [-0.3, -0.25) is 0 Å². The molecule has 0 aliphatic rings. The van der Waals surface area contributed by atoms with Crippen molar-refractivity contribution in [2.75, 3.05) is 0 Å². The van der Waals surface area contributed by atoms with Gasteiger partial charge in [-0.15, -0.1) is 0 Å². The lowest BCUT2D eigenvalue weighted by Gasteiger charge is -2.13. The quantitative estimate of drug-likeness (QED) is 0.184. The van der Waals surface area contributed by atoms with Crippen LogP contribution in [0.2, 0.25) is 0 Å². The van der Waals surface area contributed by atoms with Crippen LogP contribution >= 0.6 is 15.9 Å². The Morgan fingerprint density at radius 2 is 0.885 bits per heavy atom. The van der Waals surface area contributed by atoms with Crippen LogP contribution in [-0.4, -0.2) is 19.9 Å². The van der Waals surface area contributed by atoms with E-state index in [1.165, 1.54) is 59.7 Å². The number of hydrogen-bond acceptors (Lipinski definition) is 3. The van der Waals surface area contributed by atoms with Crippen molar-refractivity contribution < 1.29 is 0 Å². The van der Waals surface area contributed by atoms with Gasteiger partial charge in [0.15, 0.2) is 17.5 Å². The molecule has 52 heavy (non-hydrogen) atoms. The fraction of sp³-hybridized carbons (Fsp3) is 0. The predicted octanol–water partition coefficient (Wildman–Crippen LogP) is 13.0. The van der Waals surface area contributed by atoms with Crippen LogP contribution in [0.15, 0.2) is 162 Å². The maximum atomic E-state index is 4.99. The second kappa shape index (κ2) is 11.3. The molecule has 1 N–H and O–H groups in total. The van der Waals surface area contributed by atoms with E-state index in [9.17, 15) is 0 Å². The van der Waals surface area contributed by atoms with Gasteiger partial charge in [-0.1, -0.05) is 137 Å². The highest BCUT2D eigenvalue weighted by Crippen LogP contribution is 2.45. The van der Waals surface area contributed by atoms with Gasteiger partial charge in [-0.25, -0.2) is 15.0 Å². The van der Waals surface area contributed by atoms with Crippen molar-refractivity contribution in [2.45, 2.75) is 0 Å². The maximum Gasteiger partial charge on any atom is 0.164 e. The Hall–Kier alpha value is -6.43. The van der Waals surface area contributed by atoms with Crippen LogP contribution in [0.4, 0.5) is 0 Å². The number of benzene rings is 9. The molecule has 9 aromatic carbocycles. The fourth-order valence-electron chi connectivity index (χ4n) is 8.03. The van der Waals surface area contributed by atoms with Crippen LogP contribution in [0.5, 0.6) is 0 Å². The second-order valence-electron chi connectivity index (χ2n) is 13.4. The predicted molar refractivity (Wildman–Crippen MR) is 220 cm³/mol. The van der Waals surface area contributed by atoms with Crippen molar-refractivity contribution in [3.63, 3.8) is 0 Å². The van der Waals surface area contributed by atoms with Gasteiger partial charge in [0.1, 0.15) is 0 Å². The number of fused-ring (bicyclic) bond motifs is 6. The van der Waals surface area contributed by atoms with Crippen LogP contribution in [0, 0.1) is 0 Å². The van der Waals surface area contributed by atoms with Gasteiger partial charge in [0, 0.05) is 48.4 Å². The number of hydrogen-bond donors (Lipinski definition) is 1. The average molecular weight is 728 g/mol. The molecular weight excluding hydrogens is 700 g/mol. The van der Waals surface area contributed by atoms with E-state index in [-0.39, 0.29) is 0 Å². The van der Waals surface area contributed by atoms with Crippen LogP contribution in [0.25, 0.3) is 110 Å². The third-order valence-corrected chi connectivity index (χ3v) is 11.1. The summed E-state index contributed by atoms with van der Waals surface area (Å²) in [6, 6.07) is 55.8. The molecule has 0 aliphatic carbocycles. The molecule has 0 bridgehead atoms. The summed E-state index contributed by atoms with van der Waals surface area (Å²) in [7, 11) is 0. The zero-order chi connectivity index (χ0) is 34.3. The van der Waals surface area contributed by atoms with E-state index in [1.807, 2.05) is 60.7 Å². The molecule has 2 aromatic heterocycles. The summed E-state index contributed by atoms with van der Waals surface area (Å²) < 4.78 is 0.992. The molecule has 0 aliphatic heterocycles. The van der Waals surface area contributed by atoms with Gasteiger partial charge in [-0.05, 0) is 85.2 Å². The number of nitrogens with zero attached hydrogens (tertiary/aromatic N) is 3. The van der Waals surface area contributed by atoms with Gasteiger partial charge in [-0.2, -0.15) is 0 Å². The molecule has 5 heteroatoms. The minimum absolute atomic E-state index is 0.631. The highest BCUT2D eigenvalue weighted by atomic mass is 79.9. The maximum absolute atomic E-state index is 4.99. The molecule has 0 atom stereocenters. The first kappa shape index (κ1) is 29.3. The summed E-state index contributed by atoms with van der Waals surface area (Å²) >= 11 is 3.88. The SMILES string of the molecule is Brc1cc(-c2nc(-c3ccccc3)nc(-c3ccccc3)n2)cc2cc(-c3ccc4c(c3)cc3[nH]c5cccc6c7ccccc7c4c3c56)ccc12. The lowest BCUT2D eigenvalue weighted by Crippen LogP contribution is -2.00. The fourth-order valence-corrected chi connectivity index (χ4v) is 8.63. The monoisotopic (exact) mass is 726 g/mol. The van der Waals surface area contributed by atoms with Crippen molar-refractivity contribution in [3.05, 3.63) is 162 Å². The van der Waals surface area contributed by atoms with E-state index in [0.717, 1.165) is 37.5 Å². The Bertz CT molecular complexity index is 3130. The van der Waals surface area contributed by atoms with Crippen molar-refractivity contribution in [2.24, 2.45) is 0 Å². The lowest BCUT2D eigenvalue weighted by molar-refractivity contribution is 1.07. The zero-order valence-corrected chi connectivity index (χ0v) is 29.3. The standard InChI is InChI=1S/C47H27BrN4/c48-39-25-33(47-51-45(27-10-3-1-4-11-27)50-46(52-47)28-12-5-2-6-13-28)24-31-22-29(18-20-34(31)39)30-19-21-35-32(23-30)26-41-44-42(35)37-15-8-7-14-36(37)38-16-9-17-40(49-41)43(38)44/h1-26,49H. The average Bonchev–Trinajstić information content (AvgIpc) is 3.58. The van der Waals surface area contributed by atoms with Gasteiger partial charge < -0.3 is 4.98 Å². The smallest absolute Gasteiger partial charge is 0.164 e. The molecule has 0 spiro atoms. The van der Waals surface area contributed by atoms with E-state index >= 15 is 0 Å². The van der Waals surface area contributed by atoms with Gasteiger partial charge in [0.2, 0.25) is 0 Å². The summed E-state index contributed by atoms with van der Waals surface area (Å²) in [6.07, 6.45) is 0. The van der Waals surface area contributed by atoms with E-state index in [1.54, 1.807) is 0 Å².